The molecule has 1 aliphatic heterocycles. The van der Waals surface area contributed by atoms with Crippen molar-refractivity contribution in [2.45, 2.75) is 31.6 Å². The first-order valence-electron chi connectivity index (χ1n) is 6.28. The predicted octanol–water partition coefficient (Wildman–Crippen LogP) is 1.14. The van der Waals surface area contributed by atoms with Crippen molar-refractivity contribution < 1.29 is 19.7 Å². The second-order valence-electron chi connectivity index (χ2n) is 5.16. The lowest BCUT2D eigenvalue weighted by atomic mass is 9.87. The summed E-state index contributed by atoms with van der Waals surface area (Å²) in [6, 6.07) is 9.54. The molecule has 1 amide bonds. The quantitative estimate of drug-likeness (QED) is 0.856. The number of hydrogen-bond donors (Lipinski definition) is 2. The lowest BCUT2D eigenvalue weighted by molar-refractivity contribution is -0.137. The highest BCUT2D eigenvalue weighted by Crippen LogP contribution is 2.39. The van der Waals surface area contributed by atoms with Gasteiger partial charge in [-0.25, -0.2) is 4.79 Å². The van der Waals surface area contributed by atoms with Gasteiger partial charge in [0.1, 0.15) is 0 Å². The molecule has 0 bridgehead atoms. The Bertz CT molecular complexity index is 460. The molecule has 1 aromatic carbocycles. The van der Waals surface area contributed by atoms with Gasteiger partial charge in [0.15, 0.2) is 11.3 Å². The number of aliphatic hydroxyl groups excluding tert-OH is 1. The Morgan fingerprint density at radius 1 is 1.26 bits per heavy atom. The molecule has 0 aromatic heterocycles. The molecule has 1 saturated heterocycles. The predicted molar refractivity (Wildman–Crippen MR) is 69.4 cm³/mol. The number of ether oxygens (including phenoxy) is 1. The summed E-state index contributed by atoms with van der Waals surface area (Å²) in [5.41, 5.74) is -1.52. The highest BCUT2D eigenvalue weighted by molar-refractivity contribution is 5.72. The van der Waals surface area contributed by atoms with E-state index in [1.165, 1.54) is 6.92 Å². The molecule has 0 aliphatic carbocycles. The monoisotopic (exact) mass is 265 g/mol. The zero-order chi connectivity index (χ0) is 14.1. The van der Waals surface area contributed by atoms with Gasteiger partial charge in [0, 0.05) is 6.42 Å². The van der Waals surface area contributed by atoms with Crippen molar-refractivity contribution in [1.29, 1.82) is 0 Å². The van der Waals surface area contributed by atoms with Crippen LogP contribution in [0.5, 0.6) is 0 Å². The number of carbonyl (C=O) groups is 1. The first-order valence-corrected chi connectivity index (χ1v) is 6.28. The Balaban J connectivity index is 2.26. The minimum absolute atomic E-state index is 0.0518. The first-order chi connectivity index (χ1) is 8.90. The molecule has 1 aliphatic rings. The van der Waals surface area contributed by atoms with Gasteiger partial charge in [-0.3, -0.25) is 4.90 Å². The van der Waals surface area contributed by atoms with Crippen LogP contribution in [0, 0.1) is 0 Å². The summed E-state index contributed by atoms with van der Waals surface area (Å²) in [6.07, 6.45) is -0.188. The Labute approximate surface area is 112 Å². The van der Waals surface area contributed by atoms with Crippen LogP contribution in [0.1, 0.15) is 19.4 Å². The largest absolute Gasteiger partial charge is 0.438 e. The van der Waals surface area contributed by atoms with Gasteiger partial charge >= 0.3 is 6.09 Å². The molecular formula is C14H19NO4. The Morgan fingerprint density at radius 3 is 2.47 bits per heavy atom. The van der Waals surface area contributed by atoms with Crippen molar-refractivity contribution in [1.82, 2.24) is 4.90 Å². The van der Waals surface area contributed by atoms with Gasteiger partial charge in [-0.2, -0.15) is 0 Å². The molecule has 5 heteroatoms. The summed E-state index contributed by atoms with van der Waals surface area (Å²) in [6.45, 7) is 3.08. The molecule has 0 unspecified atom stereocenters. The van der Waals surface area contributed by atoms with E-state index in [1.807, 2.05) is 30.3 Å². The number of cyclic esters (lactones) is 1. The zero-order valence-corrected chi connectivity index (χ0v) is 11.2. The Hall–Kier alpha value is -1.59. The SMILES string of the molecule is C[C@]1(O)N(CCO)C(=O)O[C@@]1(C)Cc1ccccc1. The van der Waals surface area contributed by atoms with Crippen LogP contribution in [-0.4, -0.2) is 45.7 Å². The van der Waals surface area contributed by atoms with Crippen LogP contribution in [0.2, 0.25) is 0 Å². The molecule has 2 N–H and O–H groups in total. The minimum Gasteiger partial charge on any atom is -0.438 e. The second-order valence-corrected chi connectivity index (χ2v) is 5.16. The molecule has 0 radical (unpaired) electrons. The number of benzene rings is 1. The summed E-state index contributed by atoms with van der Waals surface area (Å²) in [5, 5.41) is 19.6. The molecule has 1 fully saturated rings. The van der Waals surface area contributed by atoms with Crippen molar-refractivity contribution in [3.8, 4) is 0 Å². The van der Waals surface area contributed by atoms with Gasteiger partial charge in [-0.05, 0) is 19.4 Å². The van der Waals surface area contributed by atoms with Gasteiger partial charge in [0.25, 0.3) is 0 Å². The maximum atomic E-state index is 11.8. The average Bonchev–Trinajstić information content (AvgIpc) is 2.51. The van der Waals surface area contributed by atoms with E-state index in [0.29, 0.717) is 6.42 Å². The Kier molecular flexibility index (Phi) is 3.52. The van der Waals surface area contributed by atoms with E-state index in [9.17, 15) is 9.90 Å². The molecule has 0 spiro atoms. The van der Waals surface area contributed by atoms with Gasteiger partial charge in [-0.15, -0.1) is 0 Å². The fraction of sp³-hybridized carbons (Fsp3) is 0.500. The van der Waals surface area contributed by atoms with E-state index in [0.717, 1.165) is 10.5 Å². The topological polar surface area (TPSA) is 70.0 Å². The van der Waals surface area contributed by atoms with Crippen LogP contribution in [-0.2, 0) is 11.2 Å². The van der Waals surface area contributed by atoms with Crippen LogP contribution in [0.3, 0.4) is 0 Å². The number of amides is 1. The van der Waals surface area contributed by atoms with Crippen molar-refractivity contribution in [2.75, 3.05) is 13.2 Å². The van der Waals surface area contributed by atoms with Crippen molar-refractivity contribution in [3.05, 3.63) is 35.9 Å². The maximum Gasteiger partial charge on any atom is 0.412 e. The Morgan fingerprint density at radius 2 is 1.89 bits per heavy atom. The molecule has 1 heterocycles. The summed E-state index contributed by atoms with van der Waals surface area (Å²) in [4.78, 5) is 13.0. The normalized spacial score (nSPS) is 30.5. The number of β-amino-alcohol motifs (C(OH)–C–C–N with tert-alkyl or cyclic N) is 1. The molecular weight excluding hydrogens is 246 g/mol. The molecule has 2 rings (SSSR count). The molecule has 104 valence electrons. The second kappa shape index (κ2) is 4.83. The first kappa shape index (κ1) is 13.8. The van der Waals surface area contributed by atoms with Crippen molar-refractivity contribution in [3.63, 3.8) is 0 Å². The van der Waals surface area contributed by atoms with Gasteiger partial charge in [-0.1, -0.05) is 30.3 Å². The zero-order valence-electron chi connectivity index (χ0n) is 11.2. The third kappa shape index (κ3) is 2.31. The summed E-state index contributed by atoms with van der Waals surface area (Å²) < 4.78 is 5.36. The molecule has 2 atom stereocenters. The fourth-order valence-electron chi connectivity index (χ4n) is 2.41. The highest BCUT2D eigenvalue weighted by atomic mass is 16.6. The molecule has 0 saturated carbocycles. The van der Waals surface area contributed by atoms with E-state index < -0.39 is 17.4 Å². The van der Waals surface area contributed by atoms with Crippen LogP contribution in [0.4, 0.5) is 4.79 Å². The summed E-state index contributed by atoms with van der Waals surface area (Å²) >= 11 is 0. The van der Waals surface area contributed by atoms with Crippen LogP contribution >= 0.6 is 0 Å². The molecule has 1 aromatic rings. The van der Waals surface area contributed by atoms with Crippen LogP contribution in [0.15, 0.2) is 30.3 Å². The minimum atomic E-state index is -1.46. The van der Waals surface area contributed by atoms with E-state index in [-0.39, 0.29) is 13.2 Å². The summed E-state index contributed by atoms with van der Waals surface area (Å²) in [7, 11) is 0. The number of carbonyl (C=O) groups excluding carboxylic acids is 1. The van der Waals surface area contributed by atoms with E-state index in [2.05, 4.69) is 0 Å². The molecule has 5 nitrogen and oxygen atoms in total. The smallest absolute Gasteiger partial charge is 0.412 e. The van der Waals surface area contributed by atoms with E-state index >= 15 is 0 Å². The third-order valence-electron chi connectivity index (χ3n) is 3.77. The standard InChI is InChI=1S/C14H19NO4/c1-13(10-11-6-4-3-5-7-11)14(2,18)15(8-9-16)12(17)19-13/h3-7,16,18H,8-10H2,1-2H3/t13-,14+/m0/s1. The fourth-order valence-corrected chi connectivity index (χ4v) is 2.41. The van der Waals surface area contributed by atoms with Gasteiger partial charge < -0.3 is 14.9 Å². The number of rotatable bonds is 4. The van der Waals surface area contributed by atoms with E-state index in [1.54, 1.807) is 6.92 Å². The maximum absolute atomic E-state index is 11.8. The van der Waals surface area contributed by atoms with Crippen molar-refractivity contribution in [2.24, 2.45) is 0 Å². The average molecular weight is 265 g/mol. The van der Waals surface area contributed by atoms with Crippen LogP contribution in [0.25, 0.3) is 0 Å². The van der Waals surface area contributed by atoms with E-state index in [4.69, 9.17) is 9.84 Å². The van der Waals surface area contributed by atoms with Crippen LogP contribution < -0.4 is 0 Å². The molecule has 19 heavy (non-hydrogen) atoms. The van der Waals surface area contributed by atoms with Gasteiger partial charge in [0.05, 0.1) is 13.2 Å². The number of nitrogens with zero attached hydrogens (tertiary/aromatic N) is 1. The highest BCUT2D eigenvalue weighted by Gasteiger charge is 2.58. The number of hydrogen-bond acceptors (Lipinski definition) is 4. The van der Waals surface area contributed by atoms with Gasteiger partial charge in [0.2, 0.25) is 0 Å². The third-order valence-corrected chi connectivity index (χ3v) is 3.77. The lowest BCUT2D eigenvalue weighted by Crippen LogP contribution is -2.56. The lowest BCUT2D eigenvalue weighted by Gasteiger charge is -2.37. The summed E-state index contributed by atoms with van der Waals surface area (Å²) in [5.74, 6) is 0. The van der Waals surface area contributed by atoms with Crippen molar-refractivity contribution >= 4 is 6.09 Å². The number of aliphatic hydroxyl groups is 2.